The first-order valence-electron chi connectivity index (χ1n) is 6.56. The molecule has 0 fully saturated rings. The van der Waals surface area contributed by atoms with Crippen LogP contribution in [0.3, 0.4) is 0 Å². The van der Waals surface area contributed by atoms with E-state index < -0.39 is 17.9 Å². The van der Waals surface area contributed by atoms with Gasteiger partial charge in [0.1, 0.15) is 5.01 Å². The third-order valence-corrected chi connectivity index (χ3v) is 3.94. The molecule has 22 heavy (non-hydrogen) atoms. The Kier molecular flexibility index (Phi) is 5.24. The lowest BCUT2D eigenvalue weighted by Crippen LogP contribution is -2.43. The quantitative estimate of drug-likeness (QED) is 0.849. The van der Waals surface area contributed by atoms with Crippen LogP contribution in [0, 0.1) is 6.92 Å². The van der Waals surface area contributed by atoms with Crippen molar-refractivity contribution in [2.24, 2.45) is 0 Å². The maximum absolute atomic E-state index is 12.2. The summed E-state index contributed by atoms with van der Waals surface area (Å²) in [7, 11) is 1.38. The van der Waals surface area contributed by atoms with E-state index in [-0.39, 0.29) is 6.61 Å². The van der Waals surface area contributed by atoms with E-state index in [0.717, 1.165) is 16.3 Å². The molecule has 2 rings (SSSR count). The first-order chi connectivity index (χ1) is 10.5. The molecule has 0 aliphatic rings. The maximum Gasteiger partial charge on any atom is 0.328 e. The number of carboxylic acid groups (broad SMARTS) is 1. The molecule has 0 saturated heterocycles. The summed E-state index contributed by atoms with van der Waals surface area (Å²) in [6.45, 7) is 1.81. The summed E-state index contributed by atoms with van der Waals surface area (Å²) in [4.78, 5) is 27.6. The molecule has 2 aromatic rings. The number of carbonyl (C=O) groups is 2. The highest BCUT2D eigenvalue weighted by atomic mass is 32.1. The van der Waals surface area contributed by atoms with Crippen molar-refractivity contribution in [2.75, 3.05) is 13.7 Å². The number of carboxylic acids is 1. The summed E-state index contributed by atoms with van der Waals surface area (Å²) >= 11 is 1.49. The number of carbonyl (C=O) groups excluding carboxylic acids is 1. The normalized spacial score (nSPS) is 11.9. The molecule has 0 radical (unpaired) electrons. The molecule has 1 amide bonds. The fourth-order valence-electron chi connectivity index (χ4n) is 1.86. The molecule has 0 bridgehead atoms. The van der Waals surface area contributed by atoms with Crippen LogP contribution < -0.4 is 5.32 Å². The van der Waals surface area contributed by atoms with Crippen molar-refractivity contribution in [3.8, 4) is 10.6 Å². The van der Waals surface area contributed by atoms with Crippen molar-refractivity contribution < 1.29 is 19.4 Å². The average Bonchev–Trinajstić information content (AvgIpc) is 2.93. The fraction of sp³-hybridized carbons (Fsp3) is 0.267. The third kappa shape index (κ3) is 3.90. The number of aromatic nitrogens is 1. The Morgan fingerprint density at radius 1 is 1.45 bits per heavy atom. The monoisotopic (exact) mass is 320 g/mol. The van der Waals surface area contributed by atoms with Crippen molar-refractivity contribution in [3.63, 3.8) is 0 Å². The molecule has 7 heteroatoms. The summed E-state index contributed by atoms with van der Waals surface area (Å²) in [6.07, 6.45) is 0. The van der Waals surface area contributed by atoms with Gasteiger partial charge in [-0.1, -0.05) is 12.1 Å². The van der Waals surface area contributed by atoms with E-state index in [1.807, 2.05) is 18.4 Å². The van der Waals surface area contributed by atoms with Gasteiger partial charge < -0.3 is 15.2 Å². The lowest BCUT2D eigenvalue weighted by Gasteiger charge is -2.13. The van der Waals surface area contributed by atoms with E-state index in [1.165, 1.54) is 18.4 Å². The van der Waals surface area contributed by atoms with Crippen molar-refractivity contribution in [3.05, 3.63) is 40.9 Å². The predicted octanol–water partition coefficient (Wildman–Crippen LogP) is 1.95. The van der Waals surface area contributed by atoms with Crippen LogP contribution in [-0.2, 0) is 9.53 Å². The SMILES string of the molecule is COCC(NC(=O)c1cccc(-c2nc(C)cs2)c1)C(=O)O. The summed E-state index contributed by atoms with van der Waals surface area (Å²) in [6, 6.07) is 5.85. The van der Waals surface area contributed by atoms with Crippen LogP contribution in [0.5, 0.6) is 0 Å². The maximum atomic E-state index is 12.2. The highest BCUT2D eigenvalue weighted by Gasteiger charge is 2.20. The van der Waals surface area contributed by atoms with E-state index in [2.05, 4.69) is 10.3 Å². The van der Waals surface area contributed by atoms with Crippen molar-refractivity contribution >= 4 is 23.2 Å². The Bertz CT molecular complexity index is 684. The van der Waals surface area contributed by atoms with Gasteiger partial charge >= 0.3 is 5.97 Å². The summed E-state index contributed by atoms with van der Waals surface area (Å²) in [5, 5.41) is 14.2. The van der Waals surface area contributed by atoms with Crippen LogP contribution in [0.25, 0.3) is 10.6 Å². The van der Waals surface area contributed by atoms with Crippen molar-refractivity contribution in [1.29, 1.82) is 0 Å². The van der Waals surface area contributed by atoms with Crippen molar-refractivity contribution in [2.45, 2.75) is 13.0 Å². The van der Waals surface area contributed by atoms with Crippen LogP contribution in [0.2, 0.25) is 0 Å². The first kappa shape index (κ1) is 16.1. The molecule has 2 N–H and O–H groups in total. The number of methoxy groups -OCH3 is 1. The van der Waals surface area contributed by atoms with E-state index in [1.54, 1.807) is 18.2 Å². The second kappa shape index (κ2) is 7.15. The minimum Gasteiger partial charge on any atom is -0.480 e. The molecule has 116 valence electrons. The number of ether oxygens (including phenoxy) is 1. The Morgan fingerprint density at radius 2 is 2.23 bits per heavy atom. The van der Waals surface area contributed by atoms with Gasteiger partial charge in [0, 0.05) is 29.3 Å². The molecule has 0 aliphatic carbocycles. The molecule has 1 aromatic heterocycles. The topological polar surface area (TPSA) is 88.5 Å². The van der Waals surface area contributed by atoms with Crippen molar-refractivity contribution in [1.82, 2.24) is 10.3 Å². The van der Waals surface area contributed by atoms with Gasteiger partial charge in [0.25, 0.3) is 5.91 Å². The van der Waals surface area contributed by atoms with Crippen LogP contribution >= 0.6 is 11.3 Å². The fourth-order valence-corrected chi connectivity index (χ4v) is 2.66. The van der Waals surface area contributed by atoms with E-state index in [4.69, 9.17) is 9.84 Å². The van der Waals surface area contributed by atoms with Crippen LogP contribution in [0.1, 0.15) is 16.1 Å². The average molecular weight is 320 g/mol. The molecule has 0 spiro atoms. The number of hydrogen-bond donors (Lipinski definition) is 2. The van der Waals surface area contributed by atoms with Gasteiger partial charge in [0.2, 0.25) is 0 Å². The minimum absolute atomic E-state index is 0.0908. The standard InChI is InChI=1S/C15H16N2O4S/c1-9-8-22-14(16-9)11-5-3-4-10(6-11)13(18)17-12(7-21-2)15(19)20/h3-6,8,12H,7H2,1-2H3,(H,17,18)(H,19,20). The van der Waals surface area contributed by atoms with Gasteiger partial charge in [-0.3, -0.25) is 4.79 Å². The highest BCUT2D eigenvalue weighted by Crippen LogP contribution is 2.24. The molecule has 1 atom stereocenters. The summed E-state index contributed by atoms with van der Waals surface area (Å²) in [5.74, 6) is -1.60. The van der Waals surface area contributed by atoms with Gasteiger partial charge in [0.05, 0.1) is 6.61 Å². The lowest BCUT2D eigenvalue weighted by molar-refractivity contribution is -0.140. The number of aryl methyl sites for hydroxylation is 1. The number of hydrogen-bond acceptors (Lipinski definition) is 5. The predicted molar refractivity (Wildman–Crippen MR) is 83.1 cm³/mol. The zero-order valence-electron chi connectivity index (χ0n) is 12.2. The number of amides is 1. The molecule has 0 saturated carbocycles. The second-order valence-corrected chi connectivity index (χ2v) is 5.55. The molecule has 6 nitrogen and oxygen atoms in total. The molecular weight excluding hydrogens is 304 g/mol. The molecule has 1 heterocycles. The molecule has 1 aromatic carbocycles. The Hall–Kier alpha value is -2.25. The Morgan fingerprint density at radius 3 is 2.82 bits per heavy atom. The number of thiazole rings is 1. The van der Waals surface area contributed by atoms with E-state index in [0.29, 0.717) is 5.56 Å². The molecular formula is C15H16N2O4S. The summed E-state index contributed by atoms with van der Waals surface area (Å²) in [5.41, 5.74) is 2.12. The summed E-state index contributed by atoms with van der Waals surface area (Å²) < 4.78 is 4.79. The highest BCUT2D eigenvalue weighted by molar-refractivity contribution is 7.13. The zero-order valence-corrected chi connectivity index (χ0v) is 13.0. The number of rotatable bonds is 6. The Labute approximate surface area is 131 Å². The second-order valence-electron chi connectivity index (χ2n) is 4.69. The Balaban J connectivity index is 2.18. The third-order valence-electron chi connectivity index (χ3n) is 2.93. The molecule has 1 unspecified atom stereocenters. The van der Waals surface area contributed by atoms with Gasteiger partial charge in [-0.2, -0.15) is 0 Å². The van der Waals surface area contributed by atoms with Crippen LogP contribution in [0.15, 0.2) is 29.6 Å². The zero-order chi connectivity index (χ0) is 16.1. The number of aliphatic carboxylic acids is 1. The first-order valence-corrected chi connectivity index (χ1v) is 7.44. The van der Waals surface area contributed by atoms with Gasteiger partial charge in [-0.15, -0.1) is 11.3 Å². The van der Waals surface area contributed by atoms with Gasteiger partial charge in [-0.05, 0) is 19.1 Å². The smallest absolute Gasteiger partial charge is 0.328 e. The number of nitrogens with zero attached hydrogens (tertiary/aromatic N) is 1. The lowest BCUT2D eigenvalue weighted by atomic mass is 10.1. The van der Waals surface area contributed by atoms with Gasteiger partial charge in [0.15, 0.2) is 6.04 Å². The van der Waals surface area contributed by atoms with E-state index in [9.17, 15) is 9.59 Å². The number of nitrogens with one attached hydrogen (secondary N) is 1. The van der Waals surface area contributed by atoms with Gasteiger partial charge in [-0.25, -0.2) is 9.78 Å². The largest absolute Gasteiger partial charge is 0.480 e. The number of benzene rings is 1. The minimum atomic E-state index is -1.14. The van der Waals surface area contributed by atoms with E-state index >= 15 is 0 Å². The van der Waals surface area contributed by atoms with Crippen LogP contribution in [-0.4, -0.2) is 41.7 Å². The van der Waals surface area contributed by atoms with Crippen LogP contribution in [0.4, 0.5) is 0 Å². The molecule has 0 aliphatic heterocycles.